The SMILES string of the molecule is COc1ccccc1OCC(=O)NCCCN(C)c1ccccc1. The predicted octanol–water partition coefficient (Wildman–Crippen LogP) is 2.72. The Kier molecular flexibility index (Phi) is 6.95. The van der Waals surface area contributed by atoms with Crippen molar-refractivity contribution in [2.75, 3.05) is 38.8 Å². The standard InChI is InChI=1S/C19H24N2O3/c1-21(16-9-4-3-5-10-16)14-8-13-20-19(22)15-24-18-12-7-6-11-17(18)23-2/h3-7,9-12H,8,13-15H2,1-2H3,(H,20,22). The van der Waals surface area contributed by atoms with Crippen LogP contribution >= 0.6 is 0 Å². The molecule has 0 heterocycles. The van der Waals surface area contributed by atoms with Gasteiger partial charge < -0.3 is 19.7 Å². The molecule has 0 aromatic heterocycles. The van der Waals surface area contributed by atoms with Crippen molar-refractivity contribution in [3.05, 3.63) is 54.6 Å². The van der Waals surface area contributed by atoms with E-state index in [1.54, 1.807) is 19.2 Å². The molecule has 5 nitrogen and oxygen atoms in total. The van der Waals surface area contributed by atoms with Gasteiger partial charge in [-0.1, -0.05) is 30.3 Å². The molecule has 2 rings (SSSR count). The maximum Gasteiger partial charge on any atom is 0.257 e. The Morgan fingerprint density at radius 1 is 1.04 bits per heavy atom. The molecule has 2 aromatic rings. The fourth-order valence-electron chi connectivity index (χ4n) is 2.29. The summed E-state index contributed by atoms with van der Waals surface area (Å²) in [6, 6.07) is 17.4. The number of para-hydroxylation sites is 3. The largest absolute Gasteiger partial charge is 0.493 e. The van der Waals surface area contributed by atoms with Crippen molar-refractivity contribution in [3.8, 4) is 11.5 Å². The van der Waals surface area contributed by atoms with Gasteiger partial charge in [-0.2, -0.15) is 0 Å². The number of nitrogens with one attached hydrogen (secondary N) is 1. The van der Waals surface area contributed by atoms with Gasteiger partial charge in [0.15, 0.2) is 18.1 Å². The van der Waals surface area contributed by atoms with Crippen molar-refractivity contribution in [1.29, 1.82) is 0 Å². The van der Waals surface area contributed by atoms with Gasteiger partial charge >= 0.3 is 0 Å². The second-order valence-electron chi connectivity index (χ2n) is 5.40. The molecule has 0 fully saturated rings. The summed E-state index contributed by atoms with van der Waals surface area (Å²) in [5.41, 5.74) is 1.17. The number of hydrogen-bond acceptors (Lipinski definition) is 4. The van der Waals surface area contributed by atoms with Crippen LogP contribution in [0.25, 0.3) is 0 Å². The van der Waals surface area contributed by atoms with E-state index in [0.29, 0.717) is 18.0 Å². The number of ether oxygens (including phenoxy) is 2. The summed E-state index contributed by atoms with van der Waals surface area (Å²) < 4.78 is 10.7. The molecular formula is C19H24N2O3. The number of anilines is 1. The van der Waals surface area contributed by atoms with Crippen LogP contribution in [0.3, 0.4) is 0 Å². The van der Waals surface area contributed by atoms with Crippen molar-refractivity contribution in [3.63, 3.8) is 0 Å². The number of methoxy groups -OCH3 is 1. The topological polar surface area (TPSA) is 50.8 Å². The summed E-state index contributed by atoms with van der Waals surface area (Å²) in [4.78, 5) is 14.0. The van der Waals surface area contributed by atoms with Crippen molar-refractivity contribution in [2.45, 2.75) is 6.42 Å². The number of amides is 1. The molecule has 1 amide bonds. The highest BCUT2D eigenvalue weighted by molar-refractivity contribution is 5.77. The van der Waals surface area contributed by atoms with Crippen LogP contribution in [-0.4, -0.2) is 39.8 Å². The van der Waals surface area contributed by atoms with E-state index in [4.69, 9.17) is 9.47 Å². The normalized spacial score (nSPS) is 10.1. The summed E-state index contributed by atoms with van der Waals surface area (Å²) in [5.74, 6) is 1.05. The molecule has 2 aromatic carbocycles. The predicted molar refractivity (Wildman–Crippen MR) is 95.8 cm³/mol. The monoisotopic (exact) mass is 328 g/mol. The van der Waals surface area contributed by atoms with E-state index < -0.39 is 0 Å². The third-order valence-electron chi connectivity index (χ3n) is 3.62. The number of rotatable bonds is 9. The van der Waals surface area contributed by atoms with Crippen molar-refractivity contribution >= 4 is 11.6 Å². The zero-order chi connectivity index (χ0) is 17.2. The van der Waals surface area contributed by atoms with Crippen LogP contribution in [0.2, 0.25) is 0 Å². The third-order valence-corrected chi connectivity index (χ3v) is 3.62. The molecule has 0 aliphatic heterocycles. The van der Waals surface area contributed by atoms with Gasteiger partial charge in [0, 0.05) is 25.8 Å². The molecule has 0 bridgehead atoms. The summed E-state index contributed by atoms with van der Waals surface area (Å²) >= 11 is 0. The van der Waals surface area contributed by atoms with Crippen LogP contribution in [-0.2, 0) is 4.79 Å². The first-order chi connectivity index (χ1) is 11.7. The molecule has 24 heavy (non-hydrogen) atoms. The molecular weight excluding hydrogens is 304 g/mol. The Hall–Kier alpha value is -2.69. The van der Waals surface area contributed by atoms with Crippen molar-refractivity contribution in [1.82, 2.24) is 5.32 Å². The molecule has 128 valence electrons. The summed E-state index contributed by atoms with van der Waals surface area (Å²) in [6.45, 7) is 1.47. The first kappa shape index (κ1) is 17.7. The molecule has 0 aliphatic rings. The second-order valence-corrected chi connectivity index (χ2v) is 5.40. The highest BCUT2D eigenvalue weighted by Gasteiger charge is 2.06. The minimum absolute atomic E-state index is 0.0190. The van der Waals surface area contributed by atoms with E-state index in [1.165, 1.54) is 5.69 Å². The van der Waals surface area contributed by atoms with E-state index in [2.05, 4.69) is 22.3 Å². The third kappa shape index (κ3) is 5.50. The average molecular weight is 328 g/mol. The van der Waals surface area contributed by atoms with E-state index in [-0.39, 0.29) is 12.5 Å². The van der Waals surface area contributed by atoms with Crippen LogP contribution in [0.4, 0.5) is 5.69 Å². The zero-order valence-electron chi connectivity index (χ0n) is 14.2. The van der Waals surface area contributed by atoms with Crippen LogP contribution in [0.15, 0.2) is 54.6 Å². The van der Waals surface area contributed by atoms with Crippen LogP contribution < -0.4 is 19.7 Å². The van der Waals surface area contributed by atoms with Crippen molar-refractivity contribution in [2.24, 2.45) is 0 Å². The minimum Gasteiger partial charge on any atom is -0.493 e. The van der Waals surface area contributed by atoms with Gasteiger partial charge in [0.2, 0.25) is 0 Å². The molecule has 0 aliphatic carbocycles. The smallest absolute Gasteiger partial charge is 0.257 e. The van der Waals surface area contributed by atoms with Crippen LogP contribution in [0.5, 0.6) is 11.5 Å². The lowest BCUT2D eigenvalue weighted by molar-refractivity contribution is -0.123. The van der Waals surface area contributed by atoms with E-state index in [0.717, 1.165) is 13.0 Å². The minimum atomic E-state index is -0.136. The fourth-order valence-corrected chi connectivity index (χ4v) is 2.29. The van der Waals surface area contributed by atoms with Gasteiger partial charge in [-0.15, -0.1) is 0 Å². The van der Waals surface area contributed by atoms with Gasteiger partial charge in [0.25, 0.3) is 5.91 Å². The van der Waals surface area contributed by atoms with Gasteiger partial charge in [-0.25, -0.2) is 0 Å². The Morgan fingerprint density at radius 3 is 2.42 bits per heavy atom. The summed E-state index contributed by atoms with van der Waals surface area (Å²) in [7, 11) is 3.62. The first-order valence-corrected chi connectivity index (χ1v) is 7.99. The average Bonchev–Trinajstić information content (AvgIpc) is 2.64. The quantitative estimate of drug-likeness (QED) is 0.719. The van der Waals surface area contributed by atoms with E-state index in [1.807, 2.05) is 37.4 Å². The fraction of sp³-hybridized carbons (Fsp3) is 0.316. The van der Waals surface area contributed by atoms with Crippen LogP contribution in [0, 0.1) is 0 Å². The van der Waals surface area contributed by atoms with E-state index >= 15 is 0 Å². The summed E-state index contributed by atoms with van der Waals surface area (Å²) in [5, 5.41) is 2.87. The Morgan fingerprint density at radius 2 is 1.71 bits per heavy atom. The van der Waals surface area contributed by atoms with Crippen molar-refractivity contribution < 1.29 is 14.3 Å². The highest BCUT2D eigenvalue weighted by atomic mass is 16.5. The number of hydrogen-bond donors (Lipinski definition) is 1. The molecule has 5 heteroatoms. The number of carbonyl (C=O) groups is 1. The van der Waals surface area contributed by atoms with Gasteiger partial charge in [-0.05, 0) is 30.7 Å². The first-order valence-electron chi connectivity index (χ1n) is 7.99. The molecule has 0 atom stereocenters. The molecule has 0 spiro atoms. The number of nitrogens with zero attached hydrogens (tertiary/aromatic N) is 1. The number of carbonyl (C=O) groups excluding carboxylic acids is 1. The molecule has 0 saturated carbocycles. The maximum atomic E-state index is 11.8. The summed E-state index contributed by atoms with van der Waals surface area (Å²) in [6.07, 6.45) is 0.867. The van der Waals surface area contributed by atoms with Gasteiger partial charge in [0.05, 0.1) is 7.11 Å². The molecule has 0 unspecified atom stereocenters. The van der Waals surface area contributed by atoms with E-state index in [9.17, 15) is 4.79 Å². The Bertz CT molecular complexity index is 632. The lowest BCUT2D eigenvalue weighted by atomic mass is 10.3. The maximum absolute atomic E-state index is 11.8. The molecule has 0 radical (unpaired) electrons. The zero-order valence-corrected chi connectivity index (χ0v) is 14.2. The van der Waals surface area contributed by atoms with Crippen LogP contribution in [0.1, 0.15) is 6.42 Å². The molecule has 1 N–H and O–H groups in total. The Labute approximate surface area is 143 Å². The lowest BCUT2D eigenvalue weighted by Gasteiger charge is -2.19. The van der Waals surface area contributed by atoms with Gasteiger partial charge in [0.1, 0.15) is 0 Å². The number of benzene rings is 2. The molecule has 0 saturated heterocycles. The second kappa shape index (κ2) is 9.45. The Balaban J connectivity index is 1.65. The highest BCUT2D eigenvalue weighted by Crippen LogP contribution is 2.25. The lowest BCUT2D eigenvalue weighted by Crippen LogP contribution is -2.31. The van der Waals surface area contributed by atoms with Gasteiger partial charge in [-0.3, -0.25) is 4.79 Å².